The van der Waals surface area contributed by atoms with Gasteiger partial charge in [-0.2, -0.15) is 0 Å². The summed E-state index contributed by atoms with van der Waals surface area (Å²) < 4.78 is 10.6. The number of fused-ring (bicyclic) bond motifs is 2. The first kappa shape index (κ1) is 43.4. The minimum Gasteiger partial charge on any atom is -0.461 e. The average Bonchev–Trinajstić information content (AvgIpc) is 3.21. The molecule has 0 aliphatic rings. The van der Waals surface area contributed by atoms with E-state index in [0.717, 1.165) is 38.2 Å². The molecule has 0 aliphatic heterocycles. The predicted octanol–water partition coefficient (Wildman–Crippen LogP) is 7.82. The van der Waals surface area contributed by atoms with Crippen LogP contribution in [0.1, 0.15) is 70.1 Å². The second-order valence-electron chi connectivity index (χ2n) is 15.6. The van der Waals surface area contributed by atoms with E-state index in [2.05, 4.69) is 52.3 Å². The smallest absolute Gasteiger partial charge is 0.407 e. The van der Waals surface area contributed by atoms with Crippen LogP contribution in [0, 0.1) is 11.8 Å². The van der Waals surface area contributed by atoms with E-state index in [0.29, 0.717) is 38.6 Å². The summed E-state index contributed by atoms with van der Waals surface area (Å²) in [4.78, 5) is 54.1. The lowest BCUT2D eigenvalue weighted by atomic mass is 9.87. The Labute approximate surface area is 341 Å². The van der Waals surface area contributed by atoms with E-state index in [-0.39, 0.29) is 24.9 Å². The maximum Gasteiger partial charge on any atom is 0.407 e. The number of amides is 3. The maximum atomic E-state index is 14.6. The van der Waals surface area contributed by atoms with E-state index in [1.807, 2.05) is 92.7 Å². The molecule has 5 rings (SSSR count). The molecule has 10 heteroatoms. The highest BCUT2D eigenvalue weighted by Crippen LogP contribution is 2.27. The molecule has 0 bridgehead atoms. The van der Waals surface area contributed by atoms with Crippen molar-refractivity contribution >= 4 is 45.4 Å². The molecule has 4 N–H and O–H groups in total. The summed E-state index contributed by atoms with van der Waals surface area (Å²) in [6.07, 6.45) is -0.207. The summed E-state index contributed by atoms with van der Waals surface area (Å²) >= 11 is 0. The Balaban J connectivity index is 1.36. The van der Waals surface area contributed by atoms with Gasteiger partial charge >= 0.3 is 12.1 Å². The maximum absolute atomic E-state index is 14.6. The number of ether oxygens (including phenoxy) is 2. The normalized spacial score (nSPS) is 13.0. The zero-order valence-corrected chi connectivity index (χ0v) is 34.0. The third-order valence-corrected chi connectivity index (χ3v) is 10.1. The molecule has 306 valence electrons. The summed E-state index contributed by atoms with van der Waals surface area (Å²) in [5.41, 5.74) is 2.92. The van der Waals surface area contributed by atoms with Gasteiger partial charge in [0.1, 0.15) is 12.6 Å². The monoisotopic (exact) mass is 787 g/mol. The van der Waals surface area contributed by atoms with Crippen LogP contribution in [-0.4, -0.2) is 59.8 Å². The molecule has 3 amide bonds. The number of nitrogens with one attached hydrogen (secondary N) is 3. The van der Waals surface area contributed by atoms with Crippen molar-refractivity contribution in [2.75, 3.05) is 6.54 Å². The molecular formula is C48H57N3O7. The van der Waals surface area contributed by atoms with E-state index in [1.54, 1.807) is 13.8 Å². The Kier molecular flexibility index (Phi) is 16.2. The summed E-state index contributed by atoms with van der Waals surface area (Å²) in [6, 6.07) is 35.8. The zero-order chi connectivity index (χ0) is 41.4. The van der Waals surface area contributed by atoms with Gasteiger partial charge in [-0.1, -0.05) is 129 Å². The summed E-state index contributed by atoms with van der Waals surface area (Å²) in [6.45, 7) is 7.70. The predicted molar refractivity (Wildman–Crippen MR) is 228 cm³/mol. The molecule has 0 heterocycles. The van der Waals surface area contributed by atoms with Crippen molar-refractivity contribution in [1.29, 1.82) is 0 Å². The number of rotatable bonds is 20. The fraction of sp³-hybridized carbons (Fsp3) is 0.375. The van der Waals surface area contributed by atoms with Gasteiger partial charge in [0.25, 0.3) is 0 Å². The third kappa shape index (κ3) is 12.9. The molecule has 0 saturated heterocycles. The third-order valence-electron chi connectivity index (χ3n) is 10.1. The van der Waals surface area contributed by atoms with Gasteiger partial charge in [-0.25, -0.2) is 9.59 Å². The Morgan fingerprint density at radius 3 is 1.81 bits per heavy atom. The molecule has 0 fully saturated rings. The van der Waals surface area contributed by atoms with Crippen LogP contribution in [0.4, 0.5) is 4.79 Å². The van der Waals surface area contributed by atoms with Crippen LogP contribution >= 0.6 is 0 Å². The fourth-order valence-electron chi connectivity index (χ4n) is 7.25. The molecule has 5 aromatic carbocycles. The highest BCUT2D eigenvalue weighted by molar-refractivity contribution is 5.91. The van der Waals surface area contributed by atoms with Gasteiger partial charge < -0.3 is 30.5 Å². The standard InChI is InChI=1S/C48H57N3O7/c1-32(2)28-43(44(52)47(55)58-33(3)4)51-46(54)42(26-12-13-27-49-48(56)57-31-34-16-6-5-7-17-34)50-45(53)39(29-37-22-14-20-35-18-8-10-24-40(35)37)30-38-23-15-21-36-19-9-11-25-41(36)38/h5-11,14-25,32-33,39,42-44,52H,12-13,26-31H2,1-4H3,(H,49,56)(H,50,53)(H,51,54). The van der Waals surface area contributed by atoms with Crippen LogP contribution in [0.2, 0.25) is 0 Å². The van der Waals surface area contributed by atoms with Crippen LogP contribution in [0.3, 0.4) is 0 Å². The Morgan fingerprint density at radius 1 is 0.655 bits per heavy atom. The van der Waals surface area contributed by atoms with E-state index in [4.69, 9.17) is 9.47 Å². The number of benzene rings is 5. The Hall–Kier alpha value is -5.74. The largest absolute Gasteiger partial charge is 0.461 e. The summed E-state index contributed by atoms with van der Waals surface area (Å²) in [7, 11) is 0. The molecule has 0 aromatic heterocycles. The highest BCUT2D eigenvalue weighted by Gasteiger charge is 2.33. The van der Waals surface area contributed by atoms with E-state index in [9.17, 15) is 24.3 Å². The number of carbonyl (C=O) groups excluding carboxylic acids is 4. The topological polar surface area (TPSA) is 143 Å². The lowest BCUT2D eigenvalue weighted by Gasteiger charge is -2.28. The van der Waals surface area contributed by atoms with Crippen molar-refractivity contribution in [2.45, 2.75) is 97.1 Å². The number of carbonyl (C=O) groups is 4. The van der Waals surface area contributed by atoms with Crippen molar-refractivity contribution in [1.82, 2.24) is 16.0 Å². The molecule has 10 nitrogen and oxygen atoms in total. The molecule has 3 unspecified atom stereocenters. The highest BCUT2D eigenvalue weighted by atomic mass is 16.6. The van der Waals surface area contributed by atoms with Crippen molar-refractivity contribution in [3.05, 3.63) is 132 Å². The first-order valence-electron chi connectivity index (χ1n) is 20.4. The van der Waals surface area contributed by atoms with E-state index in [1.165, 1.54) is 0 Å². The van der Waals surface area contributed by atoms with Crippen LogP contribution in [0.15, 0.2) is 115 Å². The number of alkyl carbamates (subject to hydrolysis) is 1. The molecule has 0 radical (unpaired) electrons. The van der Waals surface area contributed by atoms with Gasteiger partial charge in [-0.3, -0.25) is 9.59 Å². The Bertz CT molecular complexity index is 2030. The number of hydrogen-bond donors (Lipinski definition) is 4. The molecule has 58 heavy (non-hydrogen) atoms. The van der Waals surface area contributed by atoms with Crippen LogP contribution in [-0.2, 0) is 43.3 Å². The molecule has 3 atom stereocenters. The summed E-state index contributed by atoms with van der Waals surface area (Å²) in [5, 5.41) is 24.1. The van der Waals surface area contributed by atoms with Crippen LogP contribution in [0.25, 0.3) is 21.5 Å². The Morgan fingerprint density at radius 2 is 1.22 bits per heavy atom. The number of unbranched alkanes of at least 4 members (excludes halogenated alkanes) is 1. The van der Waals surface area contributed by atoms with Crippen molar-refractivity contribution in [2.24, 2.45) is 11.8 Å². The molecule has 0 saturated carbocycles. The van der Waals surface area contributed by atoms with Gasteiger partial charge in [-0.15, -0.1) is 0 Å². The van der Waals surface area contributed by atoms with E-state index < -0.39 is 48.2 Å². The van der Waals surface area contributed by atoms with Gasteiger partial charge in [0, 0.05) is 12.5 Å². The molecule has 0 spiro atoms. The lowest BCUT2D eigenvalue weighted by molar-refractivity contribution is -0.159. The summed E-state index contributed by atoms with van der Waals surface area (Å²) in [5.74, 6) is -2.15. The van der Waals surface area contributed by atoms with Crippen molar-refractivity contribution in [3.8, 4) is 0 Å². The fourth-order valence-corrected chi connectivity index (χ4v) is 7.25. The number of hydrogen-bond acceptors (Lipinski definition) is 7. The van der Waals surface area contributed by atoms with Gasteiger partial charge in [0.15, 0.2) is 6.10 Å². The van der Waals surface area contributed by atoms with Crippen LogP contribution < -0.4 is 16.0 Å². The van der Waals surface area contributed by atoms with Gasteiger partial charge in [-0.05, 0) is 96.5 Å². The first-order chi connectivity index (χ1) is 28.0. The zero-order valence-electron chi connectivity index (χ0n) is 34.0. The van der Waals surface area contributed by atoms with Crippen LogP contribution in [0.5, 0.6) is 0 Å². The quantitative estimate of drug-likeness (QED) is 0.0466. The average molecular weight is 788 g/mol. The first-order valence-corrected chi connectivity index (χ1v) is 20.4. The SMILES string of the molecule is CC(C)CC(NC(=O)C(CCCCNC(=O)OCc1ccccc1)NC(=O)C(Cc1cccc2ccccc12)Cc1cccc2ccccc12)C(O)C(=O)OC(C)C. The number of aliphatic hydroxyl groups excluding tert-OH is 1. The molecule has 0 aliphatic carbocycles. The number of esters is 1. The minimum absolute atomic E-state index is 0.0262. The second kappa shape index (κ2) is 21.7. The molecular weight excluding hydrogens is 731 g/mol. The van der Waals surface area contributed by atoms with Crippen molar-refractivity contribution in [3.63, 3.8) is 0 Å². The van der Waals surface area contributed by atoms with Crippen molar-refractivity contribution < 1.29 is 33.8 Å². The molecule has 5 aromatic rings. The van der Waals surface area contributed by atoms with Gasteiger partial charge in [0.2, 0.25) is 11.8 Å². The lowest BCUT2D eigenvalue weighted by Crippen LogP contribution is -2.55. The van der Waals surface area contributed by atoms with E-state index >= 15 is 0 Å². The minimum atomic E-state index is -1.60. The van der Waals surface area contributed by atoms with Gasteiger partial charge in [0.05, 0.1) is 12.1 Å². The number of aliphatic hydroxyl groups is 1. The second-order valence-corrected chi connectivity index (χ2v) is 15.6.